The molecule has 0 aromatic heterocycles. The van der Waals surface area contributed by atoms with Crippen molar-refractivity contribution in [2.45, 2.75) is 38.8 Å². The number of hydrogen-bond donors (Lipinski definition) is 1. The van der Waals surface area contributed by atoms with E-state index in [1.807, 2.05) is 45.0 Å². The molecule has 0 aliphatic heterocycles. The minimum Gasteiger partial charge on any atom is -0.444 e. The molecule has 1 aromatic rings. The van der Waals surface area contributed by atoms with Crippen LogP contribution in [0.5, 0.6) is 0 Å². The predicted octanol–water partition coefficient (Wildman–Crippen LogP) is 2.51. The van der Waals surface area contributed by atoms with Crippen molar-refractivity contribution in [3.8, 4) is 0 Å². The summed E-state index contributed by atoms with van der Waals surface area (Å²) < 4.78 is 5.33. The van der Waals surface area contributed by atoms with Crippen molar-refractivity contribution >= 4 is 12.0 Å². The number of hydrogen-bond acceptors (Lipinski definition) is 3. The standard InChI is InChI=1S/C17H24N2O3/c1-17(2,3)22-16(21)18-14-12-9-7-6-8-11(12)10-13(14)15(20)19(4)5/h6-9,13-14H,10H2,1-5H3,(H,18,21)/t13-,14+/m1/s1. The van der Waals surface area contributed by atoms with E-state index >= 15 is 0 Å². The van der Waals surface area contributed by atoms with E-state index in [1.165, 1.54) is 0 Å². The molecule has 0 spiro atoms. The van der Waals surface area contributed by atoms with Gasteiger partial charge < -0.3 is 15.0 Å². The average molecular weight is 304 g/mol. The van der Waals surface area contributed by atoms with E-state index in [1.54, 1.807) is 19.0 Å². The van der Waals surface area contributed by atoms with Gasteiger partial charge in [0.05, 0.1) is 12.0 Å². The molecular formula is C17H24N2O3. The Balaban J connectivity index is 2.23. The van der Waals surface area contributed by atoms with Crippen molar-refractivity contribution in [3.05, 3.63) is 35.4 Å². The molecule has 2 rings (SSSR count). The van der Waals surface area contributed by atoms with Gasteiger partial charge in [-0.25, -0.2) is 4.79 Å². The van der Waals surface area contributed by atoms with Gasteiger partial charge in [-0.3, -0.25) is 4.79 Å². The van der Waals surface area contributed by atoms with Crippen LogP contribution < -0.4 is 5.32 Å². The molecule has 2 atom stereocenters. The zero-order valence-corrected chi connectivity index (χ0v) is 13.8. The van der Waals surface area contributed by atoms with Crippen LogP contribution in [0.2, 0.25) is 0 Å². The fourth-order valence-corrected chi connectivity index (χ4v) is 2.77. The maximum atomic E-state index is 12.4. The topological polar surface area (TPSA) is 58.6 Å². The number of amides is 2. The number of fused-ring (bicyclic) bond motifs is 1. The van der Waals surface area contributed by atoms with Gasteiger partial charge in [0.25, 0.3) is 0 Å². The second kappa shape index (κ2) is 5.99. The smallest absolute Gasteiger partial charge is 0.408 e. The number of ether oxygens (including phenoxy) is 1. The summed E-state index contributed by atoms with van der Waals surface area (Å²) in [7, 11) is 3.46. The fraction of sp³-hybridized carbons (Fsp3) is 0.529. The molecule has 0 radical (unpaired) electrons. The van der Waals surface area contributed by atoms with Crippen LogP contribution in [0.1, 0.15) is 37.9 Å². The number of rotatable bonds is 2. The van der Waals surface area contributed by atoms with Gasteiger partial charge in [-0.1, -0.05) is 24.3 Å². The van der Waals surface area contributed by atoms with Crippen molar-refractivity contribution in [2.75, 3.05) is 14.1 Å². The largest absolute Gasteiger partial charge is 0.444 e. The Hall–Kier alpha value is -2.04. The molecule has 1 aromatic carbocycles. The molecule has 1 aliphatic carbocycles. The van der Waals surface area contributed by atoms with Crippen molar-refractivity contribution < 1.29 is 14.3 Å². The number of nitrogens with zero attached hydrogens (tertiary/aromatic N) is 1. The number of nitrogens with one attached hydrogen (secondary N) is 1. The second-order valence-electron chi connectivity index (χ2n) is 6.87. The van der Waals surface area contributed by atoms with Crippen LogP contribution in [0.25, 0.3) is 0 Å². The molecule has 5 nitrogen and oxygen atoms in total. The zero-order chi connectivity index (χ0) is 16.5. The van der Waals surface area contributed by atoms with Gasteiger partial charge in [0, 0.05) is 14.1 Å². The summed E-state index contributed by atoms with van der Waals surface area (Å²) in [5, 5.41) is 2.87. The van der Waals surface area contributed by atoms with Crippen LogP contribution in [0.4, 0.5) is 4.79 Å². The van der Waals surface area contributed by atoms with Crippen molar-refractivity contribution in [3.63, 3.8) is 0 Å². The van der Waals surface area contributed by atoms with Crippen LogP contribution in [0, 0.1) is 5.92 Å². The zero-order valence-electron chi connectivity index (χ0n) is 13.8. The maximum Gasteiger partial charge on any atom is 0.408 e. The van der Waals surface area contributed by atoms with Crippen LogP contribution in [0.3, 0.4) is 0 Å². The molecule has 120 valence electrons. The van der Waals surface area contributed by atoms with Gasteiger partial charge >= 0.3 is 6.09 Å². The van der Waals surface area contributed by atoms with Crippen LogP contribution in [-0.4, -0.2) is 36.6 Å². The summed E-state index contributed by atoms with van der Waals surface area (Å²) in [5.41, 5.74) is 1.53. The van der Waals surface area contributed by atoms with E-state index in [-0.39, 0.29) is 17.9 Å². The summed E-state index contributed by atoms with van der Waals surface area (Å²) >= 11 is 0. The summed E-state index contributed by atoms with van der Waals surface area (Å²) in [6.45, 7) is 5.45. The minimum atomic E-state index is -0.566. The van der Waals surface area contributed by atoms with E-state index in [0.29, 0.717) is 6.42 Å². The number of carbonyl (C=O) groups excluding carboxylic acids is 2. The summed E-state index contributed by atoms with van der Waals surface area (Å²) in [5.74, 6) is -0.280. The van der Waals surface area contributed by atoms with Crippen molar-refractivity contribution in [1.29, 1.82) is 0 Å². The lowest BCUT2D eigenvalue weighted by Crippen LogP contribution is -2.41. The van der Waals surface area contributed by atoms with E-state index in [0.717, 1.165) is 11.1 Å². The van der Waals surface area contributed by atoms with Crippen molar-refractivity contribution in [2.24, 2.45) is 5.92 Å². The Morgan fingerprint density at radius 3 is 2.45 bits per heavy atom. The van der Waals surface area contributed by atoms with E-state index in [4.69, 9.17) is 4.74 Å². The van der Waals surface area contributed by atoms with Crippen LogP contribution in [-0.2, 0) is 16.0 Å². The van der Waals surface area contributed by atoms with Gasteiger partial charge in [0.1, 0.15) is 5.60 Å². The van der Waals surface area contributed by atoms with Gasteiger partial charge in [0.2, 0.25) is 5.91 Å². The van der Waals surface area contributed by atoms with Gasteiger partial charge in [-0.05, 0) is 38.3 Å². The van der Waals surface area contributed by atoms with E-state index in [2.05, 4.69) is 5.32 Å². The first-order chi connectivity index (χ1) is 10.2. The number of alkyl carbamates (subject to hydrolysis) is 1. The SMILES string of the molecule is CN(C)C(=O)[C@@H]1Cc2ccccc2[C@@H]1NC(=O)OC(C)(C)C. The highest BCUT2D eigenvalue weighted by Crippen LogP contribution is 2.37. The molecule has 1 aliphatic rings. The summed E-state index contributed by atoms with van der Waals surface area (Å²) in [4.78, 5) is 26.1. The monoisotopic (exact) mass is 304 g/mol. The molecule has 0 saturated heterocycles. The lowest BCUT2D eigenvalue weighted by atomic mass is 9.99. The summed E-state index contributed by atoms with van der Waals surface area (Å²) in [6.07, 6.45) is 0.138. The number of carbonyl (C=O) groups is 2. The van der Waals surface area contributed by atoms with Crippen molar-refractivity contribution in [1.82, 2.24) is 10.2 Å². The third kappa shape index (κ3) is 3.59. The quantitative estimate of drug-likeness (QED) is 0.913. The molecule has 2 amide bonds. The lowest BCUT2D eigenvalue weighted by Gasteiger charge is -2.26. The highest BCUT2D eigenvalue weighted by Gasteiger charge is 2.39. The highest BCUT2D eigenvalue weighted by atomic mass is 16.6. The minimum absolute atomic E-state index is 0.0114. The second-order valence-corrected chi connectivity index (χ2v) is 6.87. The summed E-state index contributed by atoms with van der Waals surface area (Å²) in [6, 6.07) is 7.49. The highest BCUT2D eigenvalue weighted by molar-refractivity contribution is 5.82. The Kier molecular flexibility index (Phi) is 4.44. The lowest BCUT2D eigenvalue weighted by molar-refractivity contribution is -0.133. The van der Waals surface area contributed by atoms with E-state index < -0.39 is 11.7 Å². The predicted molar refractivity (Wildman–Crippen MR) is 84.4 cm³/mol. The molecule has 0 bridgehead atoms. The molecule has 0 heterocycles. The van der Waals surface area contributed by atoms with Gasteiger partial charge in [0.15, 0.2) is 0 Å². The average Bonchev–Trinajstić information content (AvgIpc) is 2.74. The molecule has 0 saturated carbocycles. The third-order valence-corrected chi connectivity index (χ3v) is 3.66. The maximum absolute atomic E-state index is 12.4. The Morgan fingerprint density at radius 2 is 1.86 bits per heavy atom. The first kappa shape index (κ1) is 16.3. The normalized spacial score (nSPS) is 20.2. The molecule has 0 fully saturated rings. The Labute approximate surface area is 131 Å². The molecule has 0 unspecified atom stereocenters. The molecule has 22 heavy (non-hydrogen) atoms. The van der Waals surface area contributed by atoms with Crippen LogP contribution in [0.15, 0.2) is 24.3 Å². The molecule has 1 N–H and O–H groups in total. The Bertz CT molecular complexity index is 576. The Morgan fingerprint density at radius 1 is 1.23 bits per heavy atom. The molecule has 5 heteroatoms. The first-order valence-corrected chi connectivity index (χ1v) is 7.47. The third-order valence-electron chi connectivity index (χ3n) is 3.66. The van der Waals surface area contributed by atoms with Gasteiger partial charge in [-0.15, -0.1) is 0 Å². The molecular weight excluding hydrogens is 280 g/mol. The fourth-order valence-electron chi connectivity index (χ4n) is 2.77. The van der Waals surface area contributed by atoms with E-state index in [9.17, 15) is 9.59 Å². The van der Waals surface area contributed by atoms with Gasteiger partial charge in [-0.2, -0.15) is 0 Å². The first-order valence-electron chi connectivity index (χ1n) is 7.47. The number of benzene rings is 1. The van der Waals surface area contributed by atoms with Crippen LogP contribution >= 0.6 is 0 Å².